The molecule has 4 heteroatoms. The highest BCUT2D eigenvalue weighted by molar-refractivity contribution is 6.33. The van der Waals surface area contributed by atoms with Gasteiger partial charge >= 0.3 is 0 Å². The van der Waals surface area contributed by atoms with E-state index in [2.05, 4.69) is 5.32 Å². The quantitative estimate of drug-likeness (QED) is 0.871. The van der Waals surface area contributed by atoms with Crippen LogP contribution in [0.3, 0.4) is 0 Å². The summed E-state index contributed by atoms with van der Waals surface area (Å²) >= 11 is 6.00. The van der Waals surface area contributed by atoms with Crippen LogP contribution in [0.2, 0.25) is 5.02 Å². The number of benzene rings is 2. The fraction of sp³-hybridized carbons (Fsp3) is 0.200. The first-order chi connectivity index (χ1) is 9.20. The van der Waals surface area contributed by atoms with Gasteiger partial charge in [0, 0.05) is 12.1 Å². The Bertz CT molecular complexity index is 560. The minimum atomic E-state index is -0.315. The van der Waals surface area contributed by atoms with Gasteiger partial charge in [-0.05, 0) is 31.2 Å². The van der Waals surface area contributed by atoms with Crippen LogP contribution in [-0.4, -0.2) is 6.61 Å². The summed E-state index contributed by atoms with van der Waals surface area (Å²) in [5, 5.41) is 3.61. The van der Waals surface area contributed by atoms with Gasteiger partial charge in [0.05, 0.1) is 17.3 Å². The predicted octanol–water partition coefficient (Wildman–Crippen LogP) is 4.49. The van der Waals surface area contributed by atoms with Crippen LogP contribution >= 0.6 is 11.6 Å². The van der Waals surface area contributed by atoms with Crippen molar-refractivity contribution in [2.45, 2.75) is 13.5 Å². The lowest BCUT2D eigenvalue weighted by Gasteiger charge is -2.12. The van der Waals surface area contributed by atoms with Crippen molar-refractivity contribution in [3.8, 4) is 5.75 Å². The van der Waals surface area contributed by atoms with Crippen molar-refractivity contribution in [3.63, 3.8) is 0 Å². The highest BCUT2D eigenvalue weighted by atomic mass is 35.5. The molecule has 2 aromatic carbocycles. The van der Waals surface area contributed by atoms with E-state index in [1.807, 2.05) is 31.2 Å². The molecule has 0 heterocycles. The fourth-order valence-electron chi connectivity index (χ4n) is 1.77. The molecule has 0 amide bonds. The second kappa shape index (κ2) is 6.43. The van der Waals surface area contributed by atoms with E-state index in [4.69, 9.17) is 16.3 Å². The Labute approximate surface area is 117 Å². The number of rotatable bonds is 5. The standard InChI is InChI=1S/C15H15ClFNO/c1-2-19-15-6-4-3-5-11(15)10-18-14-9-12(17)7-8-13(14)16/h3-9,18H,2,10H2,1H3. The third kappa shape index (κ3) is 3.61. The molecule has 0 fully saturated rings. The molecule has 1 N–H and O–H groups in total. The first-order valence-electron chi connectivity index (χ1n) is 6.10. The largest absolute Gasteiger partial charge is 0.494 e. The Balaban J connectivity index is 2.12. The van der Waals surface area contributed by atoms with Gasteiger partial charge in [-0.3, -0.25) is 0 Å². The third-order valence-corrected chi connectivity index (χ3v) is 3.00. The summed E-state index contributed by atoms with van der Waals surface area (Å²) in [5.41, 5.74) is 1.58. The lowest BCUT2D eigenvalue weighted by atomic mass is 10.2. The zero-order chi connectivity index (χ0) is 13.7. The average molecular weight is 280 g/mol. The van der Waals surface area contributed by atoms with E-state index in [1.54, 1.807) is 0 Å². The van der Waals surface area contributed by atoms with Crippen molar-refractivity contribution >= 4 is 17.3 Å². The third-order valence-electron chi connectivity index (χ3n) is 2.67. The van der Waals surface area contributed by atoms with Gasteiger partial charge in [0.1, 0.15) is 11.6 Å². The summed E-state index contributed by atoms with van der Waals surface area (Å²) in [4.78, 5) is 0. The first-order valence-corrected chi connectivity index (χ1v) is 6.48. The predicted molar refractivity (Wildman–Crippen MR) is 76.3 cm³/mol. The van der Waals surface area contributed by atoms with Gasteiger partial charge < -0.3 is 10.1 Å². The fourth-order valence-corrected chi connectivity index (χ4v) is 1.95. The van der Waals surface area contributed by atoms with Crippen molar-refractivity contribution in [3.05, 3.63) is 58.9 Å². The number of hydrogen-bond acceptors (Lipinski definition) is 2. The van der Waals surface area contributed by atoms with Crippen LogP contribution in [0.1, 0.15) is 12.5 Å². The zero-order valence-electron chi connectivity index (χ0n) is 10.6. The monoisotopic (exact) mass is 279 g/mol. The molecule has 0 unspecified atom stereocenters. The molecule has 0 aromatic heterocycles. The van der Waals surface area contributed by atoms with Crippen molar-refractivity contribution in [1.29, 1.82) is 0 Å². The lowest BCUT2D eigenvalue weighted by Crippen LogP contribution is -2.03. The molecule has 0 aliphatic heterocycles. The summed E-state index contributed by atoms with van der Waals surface area (Å²) in [5.74, 6) is 0.509. The molecule has 100 valence electrons. The lowest BCUT2D eigenvalue weighted by molar-refractivity contribution is 0.337. The van der Waals surface area contributed by atoms with Crippen molar-refractivity contribution in [2.24, 2.45) is 0 Å². The molecule has 0 atom stereocenters. The van der Waals surface area contributed by atoms with E-state index < -0.39 is 0 Å². The molecule has 0 spiro atoms. The van der Waals surface area contributed by atoms with Crippen LogP contribution in [0.4, 0.5) is 10.1 Å². The van der Waals surface area contributed by atoms with E-state index in [0.29, 0.717) is 23.9 Å². The molecule has 0 radical (unpaired) electrons. The molecule has 0 bridgehead atoms. The maximum atomic E-state index is 13.1. The van der Waals surface area contributed by atoms with Gasteiger partial charge in [-0.15, -0.1) is 0 Å². The average Bonchev–Trinajstić information content (AvgIpc) is 2.42. The Morgan fingerprint density at radius 2 is 2.00 bits per heavy atom. The molecular formula is C15H15ClFNO. The van der Waals surface area contributed by atoms with Crippen LogP contribution in [0.25, 0.3) is 0 Å². The maximum absolute atomic E-state index is 13.1. The van der Waals surface area contributed by atoms with Gasteiger partial charge in [0.15, 0.2) is 0 Å². The van der Waals surface area contributed by atoms with Crippen LogP contribution < -0.4 is 10.1 Å². The van der Waals surface area contributed by atoms with Gasteiger partial charge in [-0.25, -0.2) is 4.39 Å². The van der Waals surface area contributed by atoms with E-state index in [0.717, 1.165) is 11.3 Å². The van der Waals surface area contributed by atoms with E-state index in [-0.39, 0.29) is 5.82 Å². The molecule has 0 saturated heterocycles. The second-order valence-electron chi connectivity index (χ2n) is 4.02. The minimum absolute atomic E-state index is 0.315. The number of halogens is 2. The van der Waals surface area contributed by atoms with Gasteiger partial charge in [0.25, 0.3) is 0 Å². The van der Waals surface area contributed by atoms with E-state index >= 15 is 0 Å². The topological polar surface area (TPSA) is 21.3 Å². The summed E-state index contributed by atoms with van der Waals surface area (Å²) in [7, 11) is 0. The van der Waals surface area contributed by atoms with E-state index in [1.165, 1.54) is 18.2 Å². The molecule has 2 aromatic rings. The Morgan fingerprint density at radius 1 is 1.21 bits per heavy atom. The SMILES string of the molecule is CCOc1ccccc1CNc1cc(F)ccc1Cl. The first kappa shape index (κ1) is 13.7. The van der Waals surface area contributed by atoms with Crippen LogP contribution in [-0.2, 0) is 6.54 Å². The second-order valence-corrected chi connectivity index (χ2v) is 4.43. The van der Waals surface area contributed by atoms with Gasteiger partial charge in [-0.1, -0.05) is 29.8 Å². The smallest absolute Gasteiger partial charge is 0.125 e. The molecule has 19 heavy (non-hydrogen) atoms. The normalized spacial score (nSPS) is 10.3. The van der Waals surface area contributed by atoms with Crippen LogP contribution in [0.15, 0.2) is 42.5 Å². The summed E-state index contributed by atoms with van der Waals surface area (Å²) in [6.07, 6.45) is 0. The number of nitrogens with one attached hydrogen (secondary N) is 1. The van der Waals surface area contributed by atoms with Crippen molar-refractivity contribution in [1.82, 2.24) is 0 Å². The molecule has 0 aliphatic carbocycles. The Hall–Kier alpha value is -1.74. The highest BCUT2D eigenvalue weighted by Gasteiger charge is 2.05. The molecule has 2 rings (SSSR count). The Kier molecular flexibility index (Phi) is 4.63. The molecule has 0 aliphatic rings. The van der Waals surface area contributed by atoms with Crippen LogP contribution in [0, 0.1) is 5.82 Å². The summed E-state index contributed by atoms with van der Waals surface area (Å²) < 4.78 is 18.7. The number of para-hydroxylation sites is 1. The minimum Gasteiger partial charge on any atom is -0.494 e. The van der Waals surface area contributed by atoms with Crippen molar-refractivity contribution < 1.29 is 9.13 Å². The highest BCUT2D eigenvalue weighted by Crippen LogP contribution is 2.25. The van der Waals surface area contributed by atoms with Crippen LogP contribution in [0.5, 0.6) is 5.75 Å². The van der Waals surface area contributed by atoms with Gasteiger partial charge in [-0.2, -0.15) is 0 Å². The Morgan fingerprint density at radius 3 is 2.79 bits per heavy atom. The summed E-state index contributed by atoms with van der Waals surface area (Å²) in [6.45, 7) is 3.07. The van der Waals surface area contributed by atoms with Crippen molar-refractivity contribution in [2.75, 3.05) is 11.9 Å². The molecule has 0 saturated carbocycles. The van der Waals surface area contributed by atoms with E-state index in [9.17, 15) is 4.39 Å². The van der Waals surface area contributed by atoms with Gasteiger partial charge in [0.2, 0.25) is 0 Å². The number of hydrogen-bond donors (Lipinski definition) is 1. The molecular weight excluding hydrogens is 265 g/mol. The zero-order valence-corrected chi connectivity index (χ0v) is 11.4. The molecule has 2 nitrogen and oxygen atoms in total. The number of ether oxygens (including phenoxy) is 1. The number of anilines is 1. The summed E-state index contributed by atoms with van der Waals surface area (Å²) in [6, 6.07) is 12.0. The maximum Gasteiger partial charge on any atom is 0.125 e.